The third-order valence-corrected chi connectivity index (χ3v) is 6.96. The molecular formula is C28H27N5O5S. The Bertz CT molecular complexity index is 1440. The summed E-state index contributed by atoms with van der Waals surface area (Å²) in [7, 11) is 0. The van der Waals surface area contributed by atoms with Crippen molar-refractivity contribution < 1.29 is 23.5 Å². The van der Waals surface area contributed by atoms with Crippen molar-refractivity contribution in [3.8, 4) is 5.75 Å². The van der Waals surface area contributed by atoms with Gasteiger partial charge < -0.3 is 19.8 Å². The van der Waals surface area contributed by atoms with Crippen molar-refractivity contribution in [1.82, 2.24) is 10.2 Å². The second kappa shape index (κ2) is 12.0. The SMILES string of the molecule is CCOc1ccccc1NC(=O)CSC1=Nc2ccccc2C2=N[C@H](CCC(=O)NCc3ccco3)C(=O)N12. The molecule has 2 aromatic carbocycles. The molecule has 3 heterocycles. The molecule has 200 valence electrons. The molecular weight excluding hydrogens is 518 g/mol. The molecule has 3 amide bonds. The van der Waals surface area contributed by atoms with Gasteiger partial charge in [0.2, 0.25) is 11.8 Å². The molecule has 1 aromatic heterocycles. The first-order valence-electron chi connectivity index (χ1n) is 12.6. The molecule has 3 aromatic rings. The first kappa shape index (κ1) is 26.2. The van der Waals surface area contributed by atoms with Gasteiger partial charge in [-0.1, -0.05) is 36.0 Å². The van der Waals surface area contributed by atoms with Crippen LogP contribution in [0.25, 0.3) is 0 Å². The van der Waals surface area contributed by atoms with Crippen molar-refractivity contribution in [3.05, 3.63) is 78.3 Å². The molecule has 1 atom stereocenters. The Hall–Kier alpha value is -4.38. The van der Waals surface area contributed by atoms with E-state index < -0.39 is 6.04 Å². The summed E-state index contributed by atoms with van der Waals surface area (Å²) in [5.74, 6) is 1.02. The Morgan fingerprint density at radius 3 is 2.72 bits per heavy atom. The van der Waals surface area contributed by atoms with Gasteiger partial charge >= 0.3 is 0 Å². The van der Waals surface area contributed by atoms with Crippen LogP contribution in [0.15, 0.2) is 81.3 Å². The lowest BCUT2D eigenvalue weighted by molar-refractivity contribution is -0.125. The number of rotatable bonds is 10. The molecule has 0 saturated heterocycles. The van der Waals surface area contributed by atoms with E-state index >= 15 is 0 Å². The summed E-state index contributed by atoms with van der Waals surface area (Å²) in [4.78, 5) is 49.4. The van der Waals surface area contributed by atoms with Crippen molar-refractivity contribution in [2.75, 3.05) is 17.7 Å². The first-order valence-corrected chi connectivity index (χ1v) is 13.6. The minimum Gasteiger partial charge on any atom is -0.492 e. The number of nitrogens with one attached hydrogen (secondary N) is 2. The highest BCUT2D eigenvalue weighted by Gasteiger charge is 2.41. The van der Waals surface area contributed by atoms with Gasteiger partial charge in [0.1, 0.15) is 23.4 Å². The second-order valence-corrected chi connectivity index (χ2v) is 9.66. The zero-order valence-electron chi connectivity index (χ0n) is 21.3. The summed E-state index contributed by atoms with van der Waals surface area (Å²) in [6.07, 6.45) is 1.92. The van der Waals surface area contributed by atoms with Crippen LogP contribution in [0.3, 0.4) is 0 Å². The normalized spacial score (nSPS) is 15.7. The van der Waals surface area contributed by atoms with Gasteiger partial charge in [-0.15, -0.1) is 0 Å². The van der Waals surface area contributed by atoms with Crippen LogP contribution < -0.4 is 15.4 Å². The molecule has 2 aliphatic heterocycles. The fraction of sp³-hybridized carbons (Fsp3) is 0.250. The maximum atomic E-state index is 13.4. The van der Waals surface area contributed by atoms with Gasteiger partial charge in [-0.2, -0.15) is 0 Å². The summed E-state index contributed by atoms with van der Waals surface area (Å²) in [6.45, 7) is 2.63. The molecule has 2 aliphatic rings. The van der Waals surface area contributed by atoms with Gasteiger partial charge in [0.05, 0.1) is 36.5 Å². The number of anilines is 1. The quantitative estimate of drug-likeness (QED) is 0.395. The topological polar surface area (TPSA) is 126 Å². The highest BCUT2D eigenvalue weighted by atomic mass is 32.2. The number of ether oxygens (including phenoxy) is 1. The van der Waals surface area contributed by atoms with Crippen molar-refractivity contribution in [2.45, 2.75) is 32.4 Å². The fourth-order valence-electron chi connectivity index (χ4n) is 4.21. The number of nitrogens with zero attached hydrogens (tertiary/aromatic N) is 3. The molecule has 2 N–H and O–H groups in total. The molecule has 11 heteroatoms. The summed E-state index contributed by atoms with van der Waals surface area (Å²) >= 11 is 1.15. The highest BCUT2D eigenvalue weighted by molar-refractivity contribution is 8.14. The van der Waals surface area contributed by atoms with Crippen molar-refractivity contribution in [2.24, 2.45) is 9.98 Å². The zero-order valence-corrected chi connectivity index (χ0v) is 22.1. The second-order valence-electron chi connectivity index (χ2n) is 8.71. The summed E-state index contributed by atoms with van der Waals surface area (Å²) in [6, 6.07) is 17.4. The molecule has 0 spiro atoms. The fourth-order valence-corrected chi connectivity index (χ4v) is 5.01. The average Bonchev–Trinajstić information content (AvgIpc) is 3.59. The average molecular weight is 546 g/mol. The number of furan rings is 1. The molecule has 0 aliphatic carbocycles. The molecule has 0 fully saturated rings. The lowest BCUT2D eigenvalue weighted by Crippen LogP contribution is -2.41. The maximum absolute atomic E-state index is 13.4. The summed E-state index contributed by atoms with van der Waals surface area (Å²) in [5.41, 5.74) is 1.97. The Morgan fingerprint density at radius 2 is 1.90 bits per heavy atom. The molecule has 5 rings (SSSR count). The number of hydrogen-bond donors (Lipinski definition) is 2. The van der Waals surface area contributed by atoms with E-state index in [1.165, 1.54) is 4.90 Å². The van der Waals surface area contributed by atoms with Crippen molar-refractivity contribution in [1.29, 1.82) is 0 Å². The van der Waals surface area contributed by atoms with Crippen LogP contribution in [-0.4, -0.2) is 52.0 Å². The van der Waals surface area contributed by atoms with Crippen LogP contribution >= 0.6 is 11.8 Å². The van der Waals surface area contributed by atoms with Crippen LogP contribution in [0, 0.1) is 0 Å². The standard InChI is InChI=1S/C28H27N5O5S/c1-2-37-23-12-6-5-11-21(23)30-25(35)17-39-28-32-20-10-4-3-9-19(20)26-31-22(27(36)33(26)28)13-14-24(34)29-16-18-8-7-15-38-18/h3-12,15,22H,2,13-14,16-17H2,1H3,(H,29,34)(H,30,35)/t22-/m1/s1. The molecule has 0 radical (unpaired) electrons. The number of para-hydroxylation sites is 3. The number of carbonyl (C=O) groups excluding carboxylic acids is 3. The number of amides is 3. The van der Waals surface area contributed by atoms with Crippen LogP contribution in [-0.2, 0) is 20.9 Å². The zero-order chi connectivity index (χ0) is 27.2. The van der Waals surface area contributed by atoms with Gasteiger partial charge in [-0.05, 0) is 49.7 Å². The van der Waals surface area contributed by atoms with Crippen LogP contribution in [0.4, 0.5) is 11.4 Å². The van der Waals surface area contributed by atoms with E-state index in [2.05, 4.69) is 20.6 Å². The lowest BCUT2D eigenvalue weighted by Gasteiger charge is -2.25. The van der Waals surface area contributed by atoms with Crippen molar-refractivity contribution in [3.63, 3.8) is 0 Å². The minimum absolute atomic E-state index is 0.0262. The number of aliphatic imine (C=N–C) groups is 2. The molecule has 39 heavy (non-hydrogen) atoms. The van der Waals surface area contributed by atoms with Gasteiger partial charge in [0, 0.05) is 12.0 Å². The van der Waals surface area contributed by atoms with E-state index in [1.807, 2.05) is 43.3 Å². The predicted molar refractivity (Wildman–Crippen MR) is 149 cm³/mol. The smallest absolute Gasteiger partial charge is 0.259 e. The monoisotopic (exact) mass is 545 g/mol. The summed E-state index contributed by atoms with van der Waals surface area (Å²) in [5, 5.41) is 6.02. The number of fused-ring (bicyclic) bond motifs is 3. The Morgan fingerprint density at radius 1 is 1.08 bits per heavy atom. The highest BCUT2D eigenvalue weighted by Crippen LogP contribution is 2.34. The van der Waals surface area contributed by atoms with Gasteiger partial charge in [-0.25, -0.2) is 9.89 Å². The van der Waals surface area contributed by atoms with Crippen LogP contribution in [0.2, 0.25) is 0 Å². The van der Waals surface area contributed by atoms with Gasteiger partial charge in [-0.3, -0.25) is 19.4 Å². The number of thioether (sulfide) groups is 1. The number of benzene rings is 2. The predicted octanol–water partition coefficient (Wildman–Crippen LogP) is 4.11. The van der Waals surface area contributed by atoms with Crippen LogP contribution in [0.5, 0.6) is 5.75 Å². The molecule has 10 nitrogen and oxygen atoms in total. The van der Waals surface area contributed by atoms with E-state index in [0.29, 0.717) is 40.5 Å². The number of hydrogen-bond acceptors (Lipinski definition) is 8. The number of amidine groups is 2. The largest absolute Gasteiger partial charge is 0.492 e. The summed E-state index contributed by atoms with van der Waals surface area (Å²) < 4.78 is 10.8. The Kier molecular flexibility index (Phi) is 8.07. The van der Waals surface area contributed by atoms with E-state index in [-0.39, 0.29) is 42.9 Å². The van der Waals surface area contributed by atoms with Gasteiger partial charge in [0.15, 0.2) is 5.17 Å². The molecule has 0 unspecified atom stereocenters. The van der Waals surface area contributed by atoms with E-state index in [0.717, 1.165) is 17.3 Å². The molecule has 0 saturated carbocycles. The third kappa shape index (κ3) is 6.04. The van der Waals surface area contributed by atoms with E-state index in [1.54, 1.807) is 30.5 Å². The minimum atomic E-state index is -0.724. The maximum Gasteiger partial charge on any atom is 0.259 e. The first-order chi connectivity index (χ1) is 19.0. The third-order valence-electron chi connectivity index (χ3n) is 6.03. The van der Waals surface area contributed by atoms with E-state index in [9.17, 15) is 14.4 Å². The number of carbonyl (C=O) groups is 3. The van der Waals surface area contributed by atoms with Gasteiger partial charge in [0.25, 0.3) is 5.91 Å². The lowest BCUT2D eigenvalue weighted by atomic mass is 10.1. The van der Waals surface area contributed by atoms with Crippen molar-refractivity contribution >= 4 is 51.9 Å². The van der Waals surface area contributed by atoms with E-state index in [4.69, 9.17) is 9.15 Å². The Balaban J connectivity index is 1.25. The molecule has 0 bridgehead atoms. The Labute approximate surface area is 229 Å². The van der Waals surface area contributed by atoms with Crippen LogP contribution in [0.1, 0.15) is 31.1 Å².